The normalized spacial score (nSPS) is 10.7. The van der Waals surface area contributed by atoms with Crippen LogP contribution in [0.2, 0.25) is 15.1 Å². The van der Waals surface area contributed by atoms with Crippen molar-refractivity contribution in [3.05, 3.63) is 98.5 Å². The van der Waals surface area contributed by atoms with Crippen LogP contribution in [-0.4, -0.2) is 18.1 Å². The number of amides is 1. The van der Waals surface area contributed by atoms with Crippen molar-refractivity contribution in [1.29, 1.82) is 0 Å². The zero-order chi connectivity index (χ0) is 20.8. The summed E-state index contributed by atoms with van der Waals surface area (Å²) in [6.45, 7) is 0. The van der Waals surface area contributed by atoms with Gasteiger partial charge in [-0.2, -0.15) is 5.10 Å². The SMILES string of the molecule is O=C(N/N=C\c1ccc(OC(=O)c2cccc(Cl)c2)cc1)c1ccc(Cl)c(Cl)c1. The number of halogens is 3. The quantitative estimate of drug-likeness (QED) is 0.238. The summed E-state index contributed by atoms with van der Waals surface area (Å²) in [5, 5.41) is 4.99. The molecule has 8 heteroatoms. The molecule has 0 aliphatic carbocycles. The van der Waals surface area contributed by atoms with E-state index in [1.54, 1.807) is 48.5 Å². The van der Waals surface area contributed by atoms with Crippen molar-refractivity contribution < 1.29 is 14.3 Å². The Kier molecular flexibility index (Phi) is 6.88. The first-order valence-corrected chi connectivity index (χ1v) is 9.42. The molecule has 0 radical (unpaired) electrons. The molecule has 0 aliphatic rings. The van der Waals surface area contributed by atoms with Gasteiger partial charge in [-0.3, -0.25) is 4.79 Å². The summed E-state index contributed by atoms with van der Waals surface area (Å²) in [6.07, 6.45) is 1.46. The molecule has 0 heterocycles. The largest absolute Gasteiger partial charge is 0.423 e. The van der Waals surface area contributed by atoms with Gasteiger partial charge in [0.05, 0.1) is 21.8 Å². The van der Waals surface area contributed by atoms with E-state index in [-0.39, 0.29) is 5.02 Å². The Bertz CT molecular complexity index is 1080. The number of carbonyl (C=O) groups is 2. The average Bonchev–Trinajstić information content (AvgIpc) is 2.71. The van der Waals surface area contributed by atoms with Crippen LogP contribution in [0.15, 0.2) is 71.8 Å². The van der Waals surface area contributed by atoms with E-state index in [0.717, 1.165) is 0 Å². The summed E-state index contributed by atoms with van der Waals surface area (Å²) in [5.41, 5.74) is 3.78. The number of benzene rings is 3. The summed E-state index contributed by atoms with van der Waals surface area (Å²) in [6, 6.07) is 17.6. The topological polar surface area (TPSA) is 67.8 Å². The molecule has 0 aliphatic heterocycles. The van der Waals surface area contributed by atoms with Gasteiger partial charge in [-0.25, -0.2) is 10.2 Å². The monoisotopic (exact) mass is 446 g/mol. The molecule has 0 atom stereocenters. The van der Waals surface area contributed by atoms with E-state index in [2.05, 4.69) is 10.5 Å². The summed E-state index contributed by atoms with van der Waals surface area (Å²) in [4.78, 5) is 24.1. The number of nitrogens with zero attached hydrogens (tertiary/aromatic N) is 1. The maximum absolute atomic E-state index is 12.1. The second kappa shape index (κ2) is 9.56. The number of rotatable bonds is 5. The van der Waals surface area contributed by atoms with E-state index < -0.39 is 11.9 Å². The number of ether oxygens (including phenoxy) is 1. The van der Waals surface area contributed by atoms with E-state index in [1.807, 2.05) is 0 Å². The Labute approximate surface area is 181 Å². The first-order chi connectivity index (χ1) is 13.9. The third kappa shape index (κ3) is 5.81. The van der Waals surface area contributed by atoms with E-state index in [0.29, 0.717) is 32.5 Å². The van der Waals surface area contributed by atoms with Gasteiger partial charge in [-0.05, 0) is 66.2 Å². The minimum atomic E-state index is -0.511. The van der Waals surface area contributed by atoms with Crippen LogP contribution in [-0.2, 0) is 0 Å². The predicted octanol–water partition coefficient (Wildman–Crippen LogP) is 5.63. The lowest BCUT2D eigenvalue weighted by atomic mass is 10.2. The molecular formula is C21H13Cl3N2O3. The van der Waals surface area contributed by atoms with Crippen LogP contribution in [0.4, 0.5) is 0 Å². The molecule has 0 saturated heterocycles. The van der Waals surface area contributed by atoms with Crippen molar-refractivity contribution in [3.63, 3.8) is 0 Å². The third-order valence-electron chi connectivity index (χ3n) is 3.71. The fourth-order valence-corrected chi connectivity index (χ4v) is 2.76. The van der Waals surface area contributed by atoms with Crippen LogP contribution in [0.1, 0.15) is 26.3 Å². The highest BCUT2D eigenvalue weighted by Crippen LogP contribution is 2.22. The molecule has 0 saturated carbocycles. The van der Waals surface area contributed by atoms with Gasteiger partial charge in [-0.1, -0.05) is 40.9 Å². The zero-order valence-electron chi connectivity index (χ0n) is 14.7. The van der Waals surface area contributed by atoms with E-state index in [4.69, 9.17) is 39.5 Å². The Morgan fingerprint density at radius 3 is 2.31 bits per heavy atom. The van der Waals surface area contributed by atoms with Gasteiger partial charge >= 0.3 is 5.97 Å². The van der Waals surface area contributed by atoms with Crippen molar-refractivity contribution in [2.45, 2.75) is 0 Å². The highest BCUT2D eigenvalue weighted by atomic mass is 35.5. The van der Waals surface area contributed by atoms with Crippen LogP contribution < -0.4 is 10.2 Å². The van der Waals surface area contributed by atoms with Crippen LogP contribution in [0.25, 0.3) is 0 Å². The molecule has 3 aromatic carbocycles. The second-order valence-corrected chi connectivity index (χ2v) is 7.05. The fraction of sp³-hybridized carbons (Fsp3) is 0. The highest BCUT2D eigenvalue weighted by Gasteiger charge is 2.09. The molecule has 1 N–H and O–H groups in total. The summed E-state index contributed by atoms with van der Waals surface area (Å²) < 4.78 is 5.30. The number of hydrazone groups is 1. The molecule has 0 fully saturated rings. The number of nitrogens with one attached hydrogen (secondary N) is 1. The van der Waals surface area contributed by atoms with Gasteiger partial charge in [0.25, 0.3) is 5.91 Å². The average molecular weight is 448 g/mol. The number of carbonyl (C=O) groups excluding carboxylic acids is 2. The molecule has 29 heavy (non-hydrogen) atoms. The van der Waals surface area contributed by atoms with Crippen LogP contribution in [0.5, 0.6) is 5.75 Å². The Hall–Kier alpha value is -2.86. The number of esters is 1. The molecule has 0 spiro atoms. The van der Waals surface area contributed by atoms with Gasteiger partial charge in [0.1, 0.15) is 5.75 Å². The Morgan fingerprint density at radius 2 is 1.62 bits per heavy atom. The van der Waals surface area contributed by atoms with Gasteiger partial charge in [0.2, 0.25) is 0 Å². The van der Waals surface area contributed by atoms with E-state index in [1.165, 1.54) is 24.4 Å². The highest BCUT2D eigenvalue weighted by molar-refractivity contribution is 6.42. The lowest BCUT2D eigenvalue weighted by Gasteiger charge is -2.05. The van der Waals surface area contributed by atoms with Crippen LogP contribution in [0, 0.1) is 0 Å². The van der Waals surface area contributed by atoms with Crippen LogP contribution in [0.3, 0.4) is 0 Å². The first kappa shape index (κ1) is 20.9. The maximum atomic E-state index is 12.1. The van der Waals surface area contributed by atoms with Crippen molar-refractivity contribution >= 4 is 52.9 Å². The van der Waals surface area contributed by atoms with Crippen molar-refractivity contribution in [1.82, 2.24) is 5.43 Å². The third-order valence-corrected chi connectivity index (χ3v) is 4.69. The van der Waals surface area contributed by atoms with Crippen molar-refractivity contribution in [3.8, 4) is 5.75 Å². The maximum Gasteiger partial charge on any atom is 0.343 e. The second-order valence-electron chi connectivity index (χ2n) is 5.80. The van der Waals surface area contributed by atoms with E-state index in [9.17, 15) is 9.59 Å². The molecule has 0 aromatic heterocycles. The molecule has 0 bridgehead atoms. The van der Waals surface area contributed by atoms with Gasteiger partial charge in [0, 0.05) is 10.6 Å². The summed E-state index contributed by atoms with van der Waals surface area (Å²) >= 11 is 17.6. The Morgan fingerprint density at radius 1 is 0.862 bits per heavy atom. The van der Waals surface area contributed by atoms with E-state index >= 15 is 0 Å². The first-order valence-electron chi connectivity index (χ1n) is 8.28. The number of hydrogen-bond acceptors (Lipinski definition) is 4. The Balaban J connectivity index is 1.57. The lowest BCUT2D eigenvalue weighted by molar-refractivity contribution is 0.0734. The van der Waals surface area contributed by atoms with Gasteiger partial charge in [0.15, 0.2) is 0 Å². The standard InChI is InChI=1S/C21H13Cl3N2O3/c22-16-3-1-2-15(10-16)21(28)29-17-7-4-13(5-8-17)12-25-26-20(27)14-6-9-18(23)19(24)11-14/h1-12H,(H,26,27)/b25-12-. The molecular weight excluding hydrogens is 435 g/mol. The van der Waals surface area contributed by atoms with Crippen LogP contribution >= 0.6 is 34.8 Å². The molecule has 3 rings (SSSR count). The number of hydrogen-bond donors (Lipinski definition) is 1. The lowest BCUT2D eigenvalue weighted by Crippen LogP contribution is -2.17. The summed E-state index contributed by atoms with van der Waals surface area (Å²) in [5.74, 6) is -0.568. The molecule has 1 amide bonds. The molecule has 3 aromatic rings. The van der Waals surface area contributed by atoms with Crippen molar-refractivity contribution in [2.75, 3.05) is 0 Å². The summed E-state index contributed by atoms with van der Waals surface area (Å²) in [7, 11) is 0. The van der Waals surface area contributed by atoms with Crippen molar-refractivity contribution in [2.24, 2.45) is 5.10 Å². The minimum absolute atomic E-state index is 0.284. The smallest absolute Gasteiger partial charge is 0.343 e. The molecule has 146 valence electrons. The fourth-order valence-electron chi connectivity index (χ4n) is 2.27. The predicted molar refractivity (Wildman–Crippen MR) is 114 cm³/mol. The molecule has 5 nitrogen and oxygen atoms in total. The van der Waals surface area contributed by atoms with Gasteiger partial charge < -0.3 is 4.74 Å². The minimum Gasteiger partial charge on any atom is -0.423 e. The van der Waals surface area contributed by atoms with Gasteiger partial charge in [-0.15, -0.1) is 0 Å². The molecule has 0 unspecified atom stereocenters. The zero-order valence-corrected chi connectivity index (χ0v) is 17.0.